The van der Waals surface area contributed by atoms with Crippen LogP contribution in [0, 0.1) is 5.82 Å². The number of carbonyl (C=O) groups is 1. The molecule has 0 aliphatic carbocycles. The van der Waals surface area contributed by atoms with Crippen molar-refractivity contribution in [2.75, 3.05) is 7.05 Å². The second-order valence-electron chi connectivity index (χ2n) is 9.17. The molecule has 5 heterocycles. The zero-order chi connectivity index (χ0) is 22.9. The molecule has 4 unspecified atom stereocenters. The number of aliphatic hydroxyl groups excluding tert-OH is 1. The Morgan fingerprint density at radius 2 is 2.12 bits per heavy atom. The normalized spacial score (nSPS) is 26.7. The number of benzene rings is 1. The first-order chi connectivity index (χ1) is 15.9. The van der Waals surface area contributed by atoms with Crippen molar-refractivity contribution in [3.63, 3.8) is 0 Å². The highest BCUT2D eigenvalue weighted by atomic mass is 35.5. The molecule has 3 aliphatic heterocycles. The lowest BCUT2D eigenvalue weighted by Gasteiger charge is -2.36. The zero-order valence-electron chi connectivity index (χ0n) is 18.0. The number of piperidine rings is 1. The number of likely N-dealkylation sites (N-methyl/N-ethyl adjacent to an activating group) is 1. The van der Waals surface area contributed by atoms with E-state index in [1.807, 2.05) is 7.05 Å². The van der Waals surface area contributed by atoms with Crippen LogP contribution >= 0.6 is 11.6 Å². The minimum absolute atomic E-state index is 0.0207. The summed E-state index contributed by atoms with van der Waals surface area (Å²) in [6.45, 7) is 0.685. The summed E-state index contributed by atoms with van der Waals surface area (Å²) in [7, 11) is 2.02. The average molecular weight is 472 g/mol. The fourth-order valence-electron chi connectivity index (χ4n) is 5.48. The Bertz CT molecular complexity index is 1270. The summed E-state index contributed by atoms with van der Waals surface area (Å²) in [5.74, 6) is -0.459. The molecule has 1 aromatic carbocycles. The van der Waals surface area contributed by atoms with Gasteiger partial charge in [-0.15, -0.1) is 0 Å². The van der Waals surface area contributed by atoms with Crippen LogP contribution in [0.3, 0.4) is 0 Å². The summed E-state index contributed by atoms with van der Waals surface area (Å²) in [6.07, 6.45) is 4.76. The van der Waals surface area contributed by atoms with Crippen LogP contribution in [-0.4, -0.2) is 66.8 Å². The molecule has 2 aromatic heterocycles. The smallest absolute Gasteiger partial charge is 0.258 e. The first-order valence-corrected chi connectivity index (χ1v) is 11.4. The number of aliphatic hydroxyl groups is 1. The summed E-state index contributed by atoms with van der Waals surface area (Å²) < 4.78 is 21.9. The number of aromatic nitrogens is 3. The molecule has 6 rings (SSSR count). The molecule has 0 saturated carbocycles. The van der Waals surface area contributed by atoms with Gasteiger partial charge >= 0.3 is 0 Å². The Kier molecular flexibility index (Phi) is 4.83. The van der Waals surface area contributed by atoms with Crippen molar-refractivity contribution in [1.29, 1.82) is 0 Å². The molecule has 10 heteroatoms. The number of halogens is 2. The SMILES string of the molecule is CN1C2CC(Oc3cc(F)ccc3C(=O)N3Cc4nn5cc(Cl)cnc5c4C3)CC1C(O)C2. The van der Waals surface area contributed by atoms with Gasteiger partial charge in [-0.05, 0) is 32.0 Å². The molecule has 4 atom stereocenters. The molecule has 8 nitrogen and oxygen atoms in total. The fraction of sp³-hybridized carbons (Fsp3) is 0.435. The van der Waals surface area contributed by atoms with E-state index in [2.05, 4.69) is 15.0 Å². The molecular formula is C23H23ClFN5O3. The van der Waals surface area contributed by atoms with Gasteiger partial charge in [0.1, 0.15) is 17.7 Å². The van der Waals surface area contributed by atoms with E-state index in [0.717, 1.165) is 17.7 Å². The van der Waals surface area contributed by atoms with E-state index < -0.39 is 5.82 Å². The van der Waals surface area contributed by atoms with Gasteiger partial charge in [0.15, 0.2) is 5.65 Å². The molecule has 0 spiro atoms. The lowest BCUT2D eigenvalue weighted by atomic mass is 10.00. The molecule has 0 radical (unpaired) electrons. The molecule has 33 heavy (non-hydrogen) atoms. The molecule has 1 N–H and O–H groups in total. The van der Waals surface area contributed by atoms with Gasteiger partial charge in [-0.3, -0.25) is 9.69 Å². The van der Waals surface area contributed by atoms with Crippen LogP contribution in [0.5, 0.6) is 5.75 Å². The molecule has 2 bridgehead atoms. The van der Waals surface area contributed by atoms with Gasteiger partial charge in [-0.2, -0.15) is 5.10 Å². The van der Waals surface area contributed by atoms with Crippen molar-refractivity contribution in [2.24, 2.45) is 0 Å². The van der Waals surface area contributed by atoms with Crippen LogP contribution in [-0.2, 0) is 13.1 Å². The highest BCUT2D eigenvalue weighted by Gasteiger charge is 2.45. The largest absolute Gasteiger partial charge is 0.489 e. The third-order valence-corrected chi connectivity index (χ3v) is 7.36. The third-order valence-electron chi connectivity index (χ3n) is 7.16. The maximum atomic E-state index is 14.1. The predicted octanol–water partition coefficient (Wildman–Crippen LogP) is 2.65. The van der Waals surface area contributed by atoms with Crippen LogP contribution in [0.2, 0.25) is 5.02 Å². The van der Waals surface area contributed by atoms with Crippen LogP contribution in [0.25, 0.3) is 5.65 Å². The average Bonchev–Trinajstić information content (AvgIpc) is 3.36. The topological polar surface area (TPSA) is 83.2 Å². The van der Waals surface area contributed by atoms with Gasteiger partial charge < -0.3 is 14.7 Å². The van der Waals surface area contributed by atoms with Crippen LogP contribution in [0.15, 0.2) is 30.6 Å². The van der Waals surface area contributed by atoms with Crippen molar-refractivity contribution in [3.05, 3.63) is 58.3 Å². The van der Waals surface area contributed by atoms with Crippen molar-refractivity contribution in [3.8, 4) is 5.75 Å². The van der Waals surface area contributed by atoms with Gasteiger partial charge in [-0.25, -0.2) is 13.9 Å². The maximum absolute atomic E-state index is 14.1. The number of rotatable bonds is 3. The lowest BCUT2D eigenvalue weighted by molar-refractivity contribution is 0.0392. The predicted molar refractivity (Wildman–Crippen MR) is 118 cm³/mol. The minimum Gasteiger partial charge on any atom is -0.489 e. The van der Waals surface area contributed by atoms with E-state index in [1.54, 1.807) is 21.8 Å². The summed E-state index contributed by atoms with van der Waals surface area (Å²) in [5.41, 5.74) is 2.64. The van der Waals surface area contributed by atoms with E-state index in [0.29, 0.717) is 42.2 Å². The van der Waals surface area contributed by atoms with Crippen LogP contribution in [0.4, 0.5) is 4.39 Å². The van der Waals surface area contributed by atoms with E-state index >= 15 is 0 Å². The fourth-order valence-corrected chi connectivity index (χ4v) is 5.62. The second kappa shape index (κ2) is 7.65. The number of carbonyl (C=O) groups excluding carboxylic acids is 1. The van der Waals surface area contributed by atoms with Crippen LogP contribution < -0.4 is 4.74 Å². The van der Waals surface area contributed by atoms with Crippen molar-refractivity contribution < 1.29 is 19.0 Å². The van der Waals surface area contributed by atoms with E-state index in [9.17, 15) is 14.3 Å². The first-order valence-electron chi connectivity index (χ1n) is 11.0. The Hall–Kier alpha value is -2.75. The summed E-state index contributed by atoms with van der Waals surface area (Å²) in [4.78, 5) is 21.6. The molecular weight excluding hydrogens is 449 g/mol. The summed E-state index contributed by atoms with van der Waals surface area (Å²) >= 11 is 6.00. The monoisotopic (exact) mass is 471 g/mol. The van der Waals surface area contributed by atoms with Gasteiger partial charge in [0.25, 0.3) is 5.91 Å². The van der Waals surface area contributed by atoms with E-state index in [-0.39, 0.29) is 35.9 Å². The van der Waals surface area contributed by atoms with Crippen LogP contribution in [0.1, 0.15) is 40.9 Å². The number of amides is 1. The first kappa shape index (κ1) is 20.8. The quantitative estimate of drug-likeness (QED) is 0.632. The third kappa shape index (κ3) is 3.46. The van der Waals surface area contributed by atoms with Gasteiger partial charge in [0, 0.05) is 36.3 Å². The lowest BCUT2D eigenvalue weighted by Crippen LogP contribution is -2.46. The summed E-state index contributed by atoms with van der Waals surface area (Å²) in [5, 5.41) is 15.3. The van der Waals surface area contributed by atoms with Gasteiger partial charge in [-0.1, -0.05) is 11.6 Å². The maximum Gasteiger partial charge on any atom is 0.258 e. The number of ether oxygens (including phenoxy) is 1. The Morgan fingerprint density at radius 3 is 2.94 bits per heavy atom. The van der Waals surface area contributed by atoms with E-state index in [4.69, 9.17) is 16.3 Å². The Balaban J connectivity index is 1.24. The number of hydrogen-bond donors (Lipinski definition) is 1. The van der Waals surface area contributed by atoms with Crippen molar-refractivity contribution in [2.45, 2.75) is 56.6 Å². The zero-order valence-corrected chi connectivity index (χ0v) is 18.7. The molecule has 2 saturated heterocycles. The van der Waals surface area contributed by atoms with Gasteiger partial charge in [0.05, 0.1) is 41.7 Å². The molecule has 2 fully saturated rings. The number of fused-ring (bicyclic) bond motifs is 5. The number of hydrogen-bond acceptors (Lipinski definition) is 6. The molecule has 3 aliphatic rings. The molecule has 1 amide bonds. The Morgan fingerprint density at radius 1 is 1.27 bits per heavy atom. The molecule has 172 valence electrons. The van der Waals surface area contributed by atoms with Crippen molar-refractivity contribution in [1.82, 2.24) is 24.4 Å². The summed E-state index contributed by atoms with van der Waals surface area (Å²) in [6, 6.07) is 4.28. The standard InChI is InChI=1S/C23H23ClFN5O3/c1-28-14-5-15(7-19(28)20(31)6-14)33-21-4-13(25)2-3-16(21)23(32)29-10-17-18(11-29)27-30-9-12(24)8-26-22(17)30/h2-4,8-9,14-15,19-20,31H,5-7,10-11H2,1H3. The highest BCUT2D eigenvalue weighted by molar-refractivity contribution is 6.30. The number of nitrogens with zero attached hydrogens (tertiary/aromatic N) is 5. The molecule has 3 aromatic rings. The Labute approximate surface area is 194 Å². The second-order valence-corrected chi connectivity index (χ2v) is 9.60. The highest BCUT2D eigenvalue weighted by Crippen LogP contribution is 2.37. The van der Waals surface area contributed by atoms with E-state index in [1.165, 1.54) is 18.2 Å². The van der Waals surface area contributed by atoms with Gasteiger partial charge in [0.2, 0.25) is 0 Å². The van der Waals surface area contributed by atoms with Crippen molar-refractivity contribution >= 4 is 23.2 Å². The minimum atomic E-state index is -0.457.